The Morgan fingerprint density at radius 3 is 2.75 bits per heavy atom. The molecule has 2 rings (SSSR count). The van der Waals surface area contributed by atoms with Crippen LogP contribution in [0, 0.1) is 24.3 Å². The van der Waals surface area contributed by atoms with Crippen LogP contribution in [0.5, 0.6) is 0 Å². The molecule has 16 heavy (non-hydrogen) atoms. The van der Waals surface area contributed by atoms with E-state index in [4.69, 9.17) is 27.6 Å². The lowest BCUT2D eigenvalue weighted by atomic mass is 9.90. The Morgan fingerprint density at radius 1 is 1.69 bits per heavy atom. The SMILES string of the molecule is [C-]#[N+]/C=C1\CC(N)(C(=O)O)C2C1C2C(O)O. The van der Waals surface area contributed by atoms with E-state index in [1.165, 1.54) is 6.20 Å². The number of rotatable bonds is 2. The fraction of sp³-hybridized carbons (Fsp3) is 0.600. The molecule has 86 valence electrons. The van der Waals surface area contributed by atoms with Crippen LogP contribution in [-0.4, -0.2) is 33.1 Å². The molecular weight excluding hydrogens is 212 g/mol. The Hall–Kier alpha value is -1.42. The zero-order chi connectivity index (χ0) is 12.1. The number of aliphatic carboxylic acids is 1. The second-order valence-electron chi connectivity index (χ2n) is 4.40. The van der Waals surface area contributed by atoms with Gasteiger partial charge in [-0.2, -0.15) is 0 Å². The summed E-state index contributed by atoms with van der Waals surface area (Å²) in [4.78, 5) is 14.2. The van der Waals surface area contributed by atoms with Crippen LogP contribution in [0.15, 0.2) is 11.8 Å². The lowest BCUT2D eigenvalue weighted by molar-refractivity contribution is -0.144. The Labute approximate surface area is 91.8 Å². The number of carboxylic acid groups (broad SMARTS) is 1. The van der Waals surface area contributed by atoms with E-state index in [0.29, 0.717) is 5.57 Å². The maximum absolute atomic E-state index is 11.1. The minimum absolute atomic E-state index is 0.114. The van der Waals surface area contributed by atoms with Crippen molar-refractivity contribution in [2.45, 2.75) is 18.2 Å². The van der Waals surface area contributed by atoms with Crippen molar-refractivity contribution in [3.8, 4) is 0 Å². The van der Waals surface area contributed by atoms with E-state index in [0.717, 1.165) is 0 Å². The third-order valence-corrected chi connectivity index (χ3v) is 3.57. The first-order valence-corrected chi connectivity index (χ1v) is 4.87. The van der Waals surface area contributed by atoms with Gasteiger partial charge in [0.2, 0.25) is 0 Å². The molecule has 4 atom stereocenters. The number of hydrogen-bond donors (Lipinski definition) is 4. The van der Waals surface area contributed by atoms with Gasteiger partial charge in [0.15, 0.2) is 12.5 Å². The molecule has 0 aromatic rings. The Balaban J connectivity index is 2.33. The largest absolute Gasteiger partial charge is 0.480 e. The third kappa shape index (κ3) is 1.26. The first kappa shape index (κ1) is 11.1. The van der Waals surface area contributed by atoms with Gasteiger partial charge in [0.1, 0.15) is 5.54 Å². The molecule has 6 heteroatoms. The van der Waals surface area contributed by atoms with Crippen LogP contribution in [0.4, 0.5) is 0 Å². The van der Waals surface area contributed by atoms with Crippen LogP contribution >= 0.6 is 0 Å². The molecule has 6 nitrogen and oxygen atoms in total. The molecule has 5 N–H and O–H groups in total. The molecule has 2 aliphatic carbocycles. The number of nitrogens with zero attached hydrogens (tertiary/aromatic N) is 1. The predicted molar refractivity (Wildman–Crippen MR) is 52.6 cm³/mol. The van der Waals surface area contributed by atoms with Gasteiger partial charge in [-0.05, 0) is 12.3 Å². The van der Waals surface area contributed by atoms with Gasteiger partial charge in [-0.3, -0.25) is 4.79 Å². The lowest BCUT2D eigenvalue weighted by Crippen LogP contribution is -2.49. The summed E-state index contributed by atoms with van der Waals surface area (Å²) in [6.07, 6.45) is -0.215. The molecule has 0 radical (unpaired) electrons. The maximum Gasteiger partial charge on any atom is 0.324 e. The Morgan fingerprint density at radius 2 is 2.31 bits per heavy atom. The number of aliphatic hydroxyl groups excluding tert-OH is 1. The summed E-state index contributed by atoms with van der Waals surface area (Å²) in [5.41, 5.74) is 4.92. The van der Waals surface area contributed by atoms with Crippen molar-refractivity contribution in [1.82, 2.24) is 0 Å². The number of fused-ring (bicyclic) bond motifs is 1. The number of carboxylic acids is 1. The fourth-order valence-corrected chi connectivity index (χ4v) is 2.85. The topological polar surface area (TPSA) is 108 Å². The minimum Gasteiger partial charge on any atom is -0.480 e. The van der Waals surface area contributed by atoms with Crippen LogP contribution in [0.1, 0.15) is 6.42 Å². The smallest absolute Gasteiger partial charge is 0.324 e. The summed E-state index contributed by atoms with van der Waals surface area (Å²) in [7, 11) is 0. The number of aliphatic hydroxyl groups is 2. The zero-order valence-electron chi connectivity index (χ0n) is 8.37. The Bertz CT molecular complexity index is 412. The first-order valence-electron chi connectivity index (χ1n) is 4.87. The first-order chi connectivity index (χ1) is 7.43. The molecule has 0 aliphatic heterocycles. The van der Waals surface area contributed by atoms with Gasteiger partial charge in [-0.25, -0.2) is 4.85 Å². The van der Waals surface area contributed by atoms with Crippen LogP contribution in [-0.2, 0) is 4.79 Å². The summed E-state index contributed by atoms with van der Waals surface area (Å²) < 4.78 is 0. The van der Waals surface area contributed by atoms with Crippen LogP contribution < -0.4 is 5.73 Å². The number of nitrogens with two attached hydrogens (primary N) is 1. The summed E-state index contributed by atoms with van der Waals surface area (Å²) in [5.74, 6) is -2.45. The van der Waals surface area contributed by atoms with Crippen molar-refractivity contribution < 1.29 is 20.1 Å². The van der Waals surface area contributed by atoms with E-state index in [9.17, 15) is 4.79 Å². The average molecular weight is 224 g/mol. The normalized spacial score (nSPS) is 43.2. The van der Waals surface area contributed by atoms with Crippen molar-refractivity contribution in [1.29, 1.82) is 0 Å². The summed E-state index contributed by atoms with van der Waals surface area (Å²) in [6, 6.07) is 0. The molecule has 0 bridgehead atoms. The molecule has 0 saturated heterocycles. The van der Waals surface area contributed by atoms with Crippen molar-refractivity contribution in [3.63, 3.8) is 0 Å². The lowest BCUT2D eigenvalue weighted by Gasteiger charge is -2.23. The van der Waals surface area contributed by atoms with E-state index in [2.05, 4.69) is 4.85 Å². The highest BCUT2D eigenvalue weighted by Gasteiger charge is 2.70. The predicted octanol–water partition coefficient (Wildman–Crippen LogP) is -0.852. The van der Waals surface area contributed by atoms with Gasteiger partial charge < -0.3 is 21.1 Å². The van der Waals surface area contributed by atoms with Crippen molar-refractivity contribution >= 4 is 5.97 Å². The highest BCUT2D eigenvalue weighted by atomic mass is 16.5. The molecule has 0 amide bonds. The number of carbonyl (C=O) groups is 1. The van der Waals surface area contributed by atoms with E-state index in [1.807, 2.05) is 0 Å². The van der Waals surface area contributed by atoms with Crippen LogP contribution in [0.25, 0.3) is 4.85 Å². The van der Waals surface area contributed by atoms with Gasteiger partial charge in [-0.1, -0.05) is 5.57 Å². The molecule has 2 aliphatic rings. The summed E-state index contributed by atoms with van der Waals surface area (Å²) >= 11 is 0. The van der Waals surface area contributed by atoms with E-state index in [-0.39, 0.29) is 12.3 Å². The van der Waals surface area contributed by atoms with Crippen molar-refractivity contribution in [3.05, 3.63) is 23.2 Å². The van der Waals surface area contributed by atoms with Gasteiger partial charge in [0.05, 0.1) is 6.57 Å². The van der Waals surface area contributed by atoms with Crippen molar-refractivity contribution in [2.75, 3.05) is 0 Å². The highest BCUT2D eigenvalue weighted by molar-refractivity contribution is 5.82. The minimum atomic E-state index is -1.58. The second-order valence-corrected chi connectivity index (χ2v) is 4.40. The molecule has 0 aromatic carbocycles. The molecule has 4 unspecified atom stereocenters. The highest BCUT2D eigenvalue weighted by Crippen LogP contribution is 2.64. The van der Waals surface area contributed by atoms with Crippen LogP contribution in [0.2, 0.25) is 0 Å². The molecule has 0 spiro atoms. The van der Waals surface area contributed by atoms with Gasteiger partial charge in [-0.15, -0.1) is 0 Å². The van der Waals surface area contributed by atoms with Gasteiger partial charge in [0, 0.05) is 11.8 Å². The van der Waals surface area contributed by atoms with Crippen LogP contribution in [0.3, 0.4) is 0 Å². The van der Waals surface area contributed by atoms with E-state index in [1.54, 1.807) is 0 Å². The third-order valence-electron chi connectivity index (χ3n) is 3.57. The molecule has 0 heterocycles. The fourth-order valence-electron chi connectivity index (χ4n) is 2.85. The maximum atomic E-state index is 11.1. The van der Waals surface area contributed by atoms with Crippen molar-refractivity contribution in [2.24, 2.45) is 23.5 Å². The Kier molecular flexibility index (Phi) is 2.27. The standard InChI is InChI=1S/C10H12N2O4/c1-12-3-4-2-10(11,9(15)16)7-5(4)6(7)8(13)14/h3,5-8,13-14H,2,11H2,(H,15,16)/b4-3+. The molecule has 2 fully saturated rings. The average Bonchev–Trinajstić information content (AvgIpc) is 2.85. The number of hydrogen-bond acceptors (Lipinski definition) is 4. The molecule has 0 aromatic heterocycles. The van der Waals surface area contributed by atoms with E-state index >= 15 is 0 Å². The second kappa shape index (κ2) is 3.28. The van der Waals surface area contributed by atoms with Gasteiger partial charge in [0.25, 0.3) is 0 Å². The zero-order valence-corrected chi connectivity index (χ0v) is 8.37. The molecule has 2 saturated carbocycles. The summed E-state index contributed by atoms with van der Waals surface area (Å²) in [6.45, 7) is 6.72. The summed E-state index contributed by atoms with van der Waals surface area (Å²) in [5, 5.41) is 27.3. The monoisotopic (exact) mass is 224 g/mol. The quantitative estimate of drug-likeness (QED) is 0.361. The molecular formula is C10H12N2O4. The van der Waals surface area contributed by atoms with E-state index < -0.39 is 29.6 Å². The van der Waals surface area contributed by atoms with Gasteiger partial charge >= 0.3 is 5.97 Å².